The van der Waals surface area contributed by atoms with Gasteiger partial charge in [0.1, 0.15) is 0 Å². The van der Waals surface area contributed by atoms with Crippen LogP contribution in [0.15, 0.2) is 30.3 Å². The summed E-state index contributed by atoms with van der Waals surface area (Å²) in [6.07, 6.45) is 3.40. The van der Waals surface area contributed by atoms with E-state index in [4.69, 9.17) is 9.47 Å². The summed E-state index contributed by atoms with van der Waals surface area (Å²) in [6, 6.07) is 9.03. The predicted molar refractivity (Wildman–Crippen MR) is 71.8 cm³/mol. The zero-order valence-electron chi connectivity index (χ0n) is 11.6. The molecule has 1 aliphatic heterocycles. The first kappa shape index (κ1) is 13.2. The van der Waals surface area contributed by atoms with Crippen molar-refractivity contribution < 1.29 is 19.1 Å². The molecule has 0 N–H and O–H groups in total. The summed E-state index contributed by atoms with van der Waals surface area (Å²) in [4.78, 5) is 25.2. The summed E-state index contributed by atoms with van der Waals surface area (Å²) in [5.41, 5.74) is -0.667. The number of ether oxygens (including phenoxy) is 2. The molecule has 0 radical (unpaired) electrons. The SMILES string of the molecule is CCC1(c2ccccc2)C(=O)OC2(CCCC2)OC1=O. The van der Waals surface area contributed by atoms with Crippen LogP contribution in [0.2, 0.25) is 0 Å². The molecule has 106 valence electrons. The highest BCUT2D eigenvalue weighted by molar-refractivity contribution is 6.07. The molecule has 20 heavy (non-hydrogen) atoms. The van der Waals surface area contributed by atoms with Crippen molar-refractivity contribution in [2.75, 3.05) is 0 Å². The Labute approximate surface area is 118 Å². The minimum Gasteiger partial charge on any atom is -0.421 e. The van der Waals surface area contributed by atoms with Gasteiger partial charge in [0.25, 0.3) is 5.79 Å². The predicted octanol–water partition coefficient (Wildman–Crippen LogP) is 2.70. The average Bonchev–Trinajstić information content (AvgIpc) is 2.88. The molecule has 1 spiro atoms. The largest absolute Gasteiger partial charge is 0.421 e. The molecule has 0 atom stereocenters. The van der Waals surface area contributed by atoms with Crippen molar-refractivity contribution in [2.24, 2.45) is 0 Å². The van der Waals surface area contributed by atoms with Gasteiger partial charge < -0.3 is 9.47 Å². The van der Waals surface area contributed by atoms with Crippen LogP contribution in [0.1, 0.15) is 44.6 Å². The summed E-state index contributed by atoms with van der Waals surface area (Å²) in [7, 11) is 0. The van der Waals surface area contributed by atoms with Gasteiger partial charge in [-0.25, -0.2) is 0 Å². The minimum absolute atomic E-state index is 0.338. The van der Waals surface area contributed by atoms with E-state index in [1.165, 1.54) is 0 Å². The molecule has 0 unspecified atom stereocenters. The lowest BCUT2D eigenvalue weighted by molar-refractivity contribution is -0.253. The fourth-order valence-electron chi connectivity index (χ4n) is 3.19. The van der Waals surface area contributed by atoms with Crippen LogP contribution in [0.4, 0.5) is 0 Å². The van der Waals surface area contributed by atoms with E-state index in [1.807, 2.05) is 25.1 Å². The number of rotatable bonds is 2. The van der Waals surface area contributed by atoms with Gasteiger partial charge in [0, 0.05) is 12.8 Å². The van der Waals surface area contributed by atoms with Crippen molar-refractivity contribution >= 4 is 11.9 Å². The Balaban J connectivity index is 2.01. The highest BCUT2D eigenvalue weighted by Gasteiger charge is 2.59. The van der Waals surface area contributed by atoms with E-state index in [-0.39, 0.29) is 0 Å². The van der Waals surface area contributed by atoms with Crippen molar-refractivity contribution in [3.8, 4) is 0 Å². The summed E-state index contributed by atoms with van der Waals surface area (Å²) >= 11 is 0. The highest BCUT2D eigenvalue weighted by Crippen LogP contribution is 2.44. The molecule has 1 aliphatic carbocycles. The lowest BCUT2D eigenvalue weighted by Crippen LogP contribution is -2.57. The molecule has 0 amide bonds. The first-order chi connectivity index (χ1) is 9.63. The molecule has 1 saturated carbocycles. The van der Waals surface area contributed by atoms with Gasteiger partial charge in [-0.1, -0.05) is 37.3 Å². The van der Waals surface area contributed by atoms with Gasteiger partial charge in [0.05, 0.1) is 0 Å². The van der Waals surface area contributed by atoms with Crippen molar-refractivity contribution in [1.29, 1.82) is 0 Å². The zero-order valence-corrected chi connectivity index (χ0v) is 11.6. The van der Waals surface area contributed by atoms with Gasteiger partial charge in [-0.3, -0.25) is 9.59 Å². The number of benzene rings is 1. The van der Waals surface area contributed by atoms with E-state index in [0.29, 0.717) is 24.8 Å². The Morgan fingerprint density at radius 3 is 2.05 bits per heavy atom. The van der Waals surface area contributed by atoms with Gasteiger partial charge >= 0.3 is 11.9 Å². The number of esters is 2. The van der Waals surface area contributed by atoms with Gasteiger partial charge in [0.2, 0.25) is 0 Å². The van der Waals surface area contributed by atoms with E-state index in [2.05, 4.69) is 0 Å². The molecule has 4 nitrogen and oxygen atoms in total. The van der Waals surface area contributed by atoms with Gasteiger partial charge in [-0.2, -0.15) is 0 Å². The van der Waals surface area contributed by atoms with Crippen LogP contribution < -0.4 is 0 Å². The molecule has 3 rings (SSSR count). The Kier molecular flexibility index (Phi) is 3.04. The molecule has 2 aliphatic rings. The third-order valence-electron chi connectivity index (χ3n) is 4.42. The molecular weight excluding hydrogens is 256 g/mol. The zero-order chi connectivity index (χ0) is 14.2. The molecule has 1 aromatic carbocycles. The van der Waals surface area contributed by atoms with Crippen LogP contribution >= 0.6 is 0 Å². The maximum Gasteiger partial charge on any atom is 0.331 e. The Morgan fingerprint density at radius 2 is 1.55 bits per heavy atom. The summed E-state index contributed by atoms with van der Waals surface area (Å²) in [6.45, 7) is 1.81. The van der Waals surface area contributed by atoms with Crippen LogP contribution in [0, 0.1) is 0 Å². The molecule has 1 saturated heterocycles. The van der Waals surface area contributed by atoms with Crippen LogP contribution in [-0.2, 0) is 24.5 Å². The Morgan fingerprint density at radius 1 is 1.00 bits per heavy atom. The van der Waals surface area contributed by atoms with Gasteiger partial charge in [-0.05, 0) is 24.8 Å². The summed E-state index contributed by atoms with van der Waals surface area (Å²) < 4.78 is 11.2. The van der Waals surface area contributed by atoms with E-state index in [0.717, 1.165) is 12.8 Å². The second-order valence-electron chi connectivity index (χ2n) is 5.52. The fourth-order valence-corrected chi connectivity index (χ4v) is 3.19. The van der Waals surface area contributed by atoms with Crippen molar-refractivity contribution in [3.63, 3.8) is 0 Å². The van der Waals surface area contributed by atoms with Crippen LogP contribution in [0.3, 0.4) is 0 Å². The standard InChI is InChI=1S/C16H18O4/c1-2-16(12-8-4-3-5-9-12)13(17)19-15(20-14(16)18)10-6-7-11-15/h3-5,8-9H,2,6-7,10-11H2,1H3. The smallest absolute Gasteiger partial charge is 0.331 e. The van der Waals surface area contributed by atoms with Crippen LogP contribution in [0.5, 0.6) is 0 Å². The molecule has 0 bridgehead atoms. The topological polar surface area (TPSA) is 52.6 Å². The Hall–Kier alpha value is -1.84. The van der Waals surface area contributed by atoms with Crippen molar-refractivity contribution in [1.82, 2.24) is 0 Å². The third-order valence-corrected chi connectivity index (χ3v) is 4.42. The average molecular weight is 274 g/mol. The van der Waals surface area contributed by atoms with E-state index < -0.39 is 23.1 Å². The van der Waals surface area contributed by atoms with E-state index in [1.54, 1.807) is 12.1 Å². The Bertz CT molecular complexity index is 509. The van der Waals surface area contributed by atoms with Crippen molar-refractivity contribution in [2.45, 2.75) is 50.2 Å². The minimum atomic E-state index is -1.31. The second kappa shape index (κ2) is 4.62. The third kappa shape index (κ3) is 1.74. The first-order valence-electron chi connectivity index (χ1n) is 7.15. The molecule has 1 aromatic rings. The number of carbonyl (C=O) groups excluding carboxylic acids is 2. The van der Waals surface area contributed by atoms with E-state index in [9.17, 15) is 9.59 Å². The normalized spacial score (nSPS) is 23.4. The monoisotopic (exact) mass is 274 g/mol. The highest BCUT2D eigenvalue weighted by atomic mass is 16.7. The molecule has 2 fully saturated rings. The lowest BCUT2D eigenvalue weighted by atomic mass is 9.77. The van der Waals surface area contributed by atoms with E-state index >= 15 is 0 Å². The molecule has 0 aromatic heterocycles. The molecular formula is C16H18O4. The maximum absolute atomic E-state index is 12.6. The fraction of sp³-hybridized carbons (Fsp3) is 0.500. The number of hydrogen-bond donors (Lipinski definition) is 0. The lowest BCUT2D eigenvalue weighted by Gasteiger charge is -2.41. The van der Waals surface area contributed by atoms with Crippen molar-refractivity contribution in [3.05, 3.63) is 35.9 Å². The summed E-state index contributed by atoms with van der Waals surface area (Å²) in [5.74, 6) is -1.93. The number of carbonyl (C=O) groups is 2. The second-order valence-corrected chi connectivity index (χ2v) is 5.52. The first-order valence-corrected chi connectivity index (χ1v) is 7.15. The summed E-state index contributed by atoms with van der Waals surface area (Å²) in [5, 5.41) is 0. The van der Waals surface area contributed by atoms with Crippen LogP contribution in [-0.4, -0.2) is 17.7 Å². The van der Waals surface area contributed by atoms with Crippen LogP contribution in [0.25, 0.3) is 0 Å². The quantitative estimate of drug-likeness (QED) is 0.614. The van der Waals surface area contributed by atoms with Gasteiger partial charge in [-0.15, -0.1) is 0 Å². The maximum atomic E-state index is 12.6. The van der Waals surface area contributed by atoms with Gasteiger partial charge in [0.15, 0.2) is 5.41 Å². The molecule has 4 heteroatoms. The molecule has 1 heterocycles. The number of hydrogen-bond acceptors (Lipinski definition) is 4.